The number of halogens is 2. The van der Waals surface area contributed by atoms with E-state index in [-0.39, 0.29) is 18.2 Å². The summed E-state index contributed by atoms with van der Waals surface area (Å²) in [5.74, 6) is -0.568. The third-order valence-corrected chi connectivity index (χ3v) is 4.53. The summed E-state index contributed by atoms with van der Waals surface area (Å²) in [6, 6.07) is 22.4. The lowest BCUT2D eigenvalue weighted by molar-refractivity contribution is 0.00712. The lowest BCUT2D eigenvalue weighted by Crippen LogP contribution is -2.34. The zero-order valence-corrected chi connectivity index (χ0v) is 16.2. The Bertz CT molecular complexity index is 807. The molecule has 0 heterocycles. The highest BCUT2D eigenvalue weighted by atomic mass is 19.1. The van der Waals surface area contributed by atoms with Crippen LogP contribution in [0, 0.1) is 11.6 Å². The third-order valence-electron chi connectivity index (χ3n) is 4.53. The fraction of sp³-hybridized carbons (Fsp3) is 0.250. The number of rotatable bonds is 10. The van der Waals surface area contributed by atoms with Crippen molar-refractivity contribution in [3.05, 3.63) is 107 Å². The van der Waals surface area contributed by atoms with Crippen molar-refractivity contribution in [3.8, 4) is 0 Å². The van der Waals surface area contributed by atoms with Gasteiger partial charge in [-0.2, -0.15) is 0 Å². The number of ether oxygens (including phenoxy) is 1. The maximum Gasteiger partial charge on any atom is 0.123 e. The minimum atomic E-state index is -0.681. The molecular weight excluding hydrogens is 372 g/mol. The van der Waals surface area contributed by atoms with E-state index in [1.165, 1.54) is 24.3 Å². The topological polar surface area (TPSA) is 32.7 Å². The van der Waals surface area contributed by atoms with E-state index in [0.29, 0.717) is 26.2 Å². The van der Waals surface area contributed by atoms with E-state index in [0.717, 1.165) is 16.7 Å². The summed E-state index contributed by atoms with van der Waals surface area (Å²) >= 11 is 0. The third kappa shape index (κ3) is 7.38. The maximum atomic E-state index is 13.2. The molecule has 0 radical (unpaired) electrons. The first-order chi connectivity index (χ1) is 14.1. The molecule has 0 aliphatic rings. The molecule has 3 aromatic rings. The molecule has 0 aliphatic carbocycles. The molecule has 3 aromatic carbocycles. The molecule has 0 bridgehead atoms. The van der Waals surface area contributed by atoms with E-state index in [4.69, 9.17) is 4.74 Å². The van der Waals surface area contributed by atoms with E-state index in [1.807, 2.05) is 35.2 Å². The van der Waals surface area contributed by atoms with Gasteiger partial charge in [0.1, 0.15) is 11.6 Å². The van der Waals surface area contributed by atoms with E-state index in [9.17, 15) is 13.9 Å². The van der Waals surface area contributed by atoms with Crippen molar-refractivity contribution < 1.29 is 18.6 Å². The molecule has 0 aromatic heterocycles. The predicted octanol–water partition coefficient (Wildman–Crippen LogP) is 4.54. The van der Waals surface area contributed by atoms with Gasteiger partial charge in [0.15, 0.2) is 0 Å². The lowest BCUT2D eigenvalue weighted by atomic mass is 10.1. The first-order valence-electron chi connectivity index (χ1n) is 9.59. The summed E-state index contributed by atoms with van der Waals surface area (Å²) in [5.41, 5.74) is 2.92. The first-order valence-corrected chi connectivity index (χ1v) is 9.59. The van der Waals surface area contributed by atoms with Gasteiger partial charge in [0, 0.05) is 19.6 Å². The van der Waals surface area contributed by atoms with Crippen LogP contribution in [0.3, 0.4) is 0 Å². The van der Waals surface area contributed by atoms with Crippen molar-refractivity contribution in [3.63, 3.8) is 0 Å². The largest absolute Gasteiger partial charge is 0.389 e. The molecule has 0 spiro atoms. The molecule has 0 aliphatic heterocycles. The molecule has 3 rings (SSSR count). The normalized spacial score (nSPS) is 12.3. The van der Waals surface area contributed by atoms with Crippen LogP contribution in [0.1, 0.15) is 16.7 Å². The van der Waals surface area contributed by atoms with Gasteiger partial charge in [0.2, 0.25) is 0 Å². The fourth-order valence-corrected chi connectivity index (χ4v) is 3.12. The highest BCUT2D eigenvalue weighted by Gasteiger charge is 2.14. The summed E-state index contributed by atoms with van der Waals surface area (Å²) in [4.78, 5) is 2.04. The second kappa shape index (κ2) is 10.8. The molecular formula is C24H25F2NO2. The van der Waals surface area contributed by atoms with Gasteiger partial charge in [-0.25, -0.2) is 8.78 Å². The Morgan fingerprint density at radius 2 is 1.24 bits per heavy atom. The van der Waals surface area contributed by atoms with E-state index >= 15 is 0 Å². The zero-order valence-electron chi connectivity index (χ0n) is 16.2. The van der Waals surface area contributed by atoms with E-state index < -0.39 is 6.10 Å². The van der Waals surface area contributed by atoms with E-state index in [2.05, 4.69) is 0 Å². The van der Waals surface area contributed by atoms with Crippen LogP contribution in [0.4, 0.5) is 8.78 Å². The van der Waals surface area contributed by atoms with Gasteiger partial charge >= 0.3 is 0 Å². The minimum absolute atomic E-state index is 0.207. The van der Waals surface area contributed by atoms with Crippen LogP contribution in [-0.2, 0) is 24.4 Å². The van der Waals surface area contributed by atoms with Gasteiger partial charge in [-0.3, -0.25) is 4.90 Å². The molecule has 1 N–H and O–H groups in total. The Kier molecular flexibility index (Phi) is 7.87. The molecule has 0 saturated carbocycles. The van der Waals surface area contributed by atoms with Crippen molar-refractivity contribution in [1.82, 2.24) is 4.90 Å². The smallest absolute Gasteiger partial charge is 0.123 e. The Morgan fingerprint density at radius 3 is 1.76 bits per heavy atom. The number of aliphatic hydroxyl groups is 1. The van der Waals surface area contributed by atoms with Gasteiger partial charge in [-0.05, 0) is 41.0 Å². The number of benzene rings is 3. The maximum absolute atomic E-state index is 13.2. The zero-order chi connectivity index (χ0) is 20.5. The second-order valence-corrected chi connectivity index (χ2v) is 7.08. The average Bonchev–Trinajstić information content (AvgIpc) is 2.72. The summed E-state index contributed by atoms with van der Waals surface area (Å²) in [5, 5.41) is 10.5. The highest BCUT2D eigenvalue weighted by molar-refractivity contribution is 5.18. The van der Waals surface area contributed by atoms with Crippen molar-refractivity contribution in [2.24, 2.45) is 0 Å². The van der Waals surface area contributed by atoms with Crippen molar-refractivity contribution in [1.29, 1.82) is 0 Å². The molecule has 29 heavy (non-hydrogen) atoms. The quantitative estimate of drug-likeness (QED) is 0.545. The molecule has 0 amide bonds. The number of hydrogen-bond acceptors (Lipinski definition) is 3. The Morgan fingerprint density at radius 1 is 0.724 bits per heavy atom. The summed E-state index contributed by atoms with van der Waals surface area (Å²) < 4.78 is 32.0. The van der Waals surface area contributed by atoms with E-state index in [1.54, 1.807) is 24.3 Å². The molecule has 152 valence electrons. The van der Waals surface area contributed by atoms with Crippen LogP contribution >= 0.6 is 0 Å². The summed E-state index contributed by atoms with van der Waals surface area (Å²) in [7, 11) is 0. The Balaban J connectivity index is 1.58. The molecule has 0 unspecified atom stereocenters. The first kappa shape index (κ1) is 21.1. The molecule has 0 saturated heterocycles. The fourth-order valence-electron chi connectivity index (χ4n) is 3.12. The molecule has 0 fully saturated rings. The standard InChI is InChI=1S/C24H25F2NO2/c25-22-10-6-19(7-11-22)14-27(15-20-8-12-23(26)13-9-20)16-24(28)18-29-17-21-4-2-1-3-5-21/h1-13,24,28H,14-18H2/t24-/m1/s1. The second-order valence-electron chi connectivity index (χ2n) is 7.08. The summed E-state index contributed by atoms with van der Waals surface area (Å²) in [6.07, 6.45) is -0.681. The van der Waals surface area contributed by atoms with Gasteiger partial charge in [-0.15, -0.1) is 0 Å². The average molecular weight is 397 g/mol. The van der Waals surface area contributed by atoms with Gasteiger partial charge in [0.05, 0.1) is 19.3 Å². The van der Waals surface area contributed by atoms with Crippen molar-refractivity contribution >= 4 is 0 Å². The van der Waals surface area contributed by atoms with Crippen LogP contribution in [0.15, 0.2) is 78.9 Å². The molecule has 5 heteroatoms. The van der Waals surface area contributed by atoms with Crippen LogP contribution in [-0.4, -0.2) is 29.3 Å². The SMILES string of the molecule is O[C@@H](COCc1ccccc1)CN(Cc1ccc(F)cc1)Cc1ccc(F)cc1. The highest BCUT2D eigenvalue weighted by Crippen LogP contribution is 2.13. The van der Waals surface area contributed by atoms with Crippen LogP contribution < -0.4 is 0 Å². The van der Waals surface area contributed by atoms with Crippen molar-refractivity contribution in [2.45, 2.75) is 25.8 Å². The number of aliphatic hydroxyl groups excluding tert-OH is 1. The number of hydrogen-bond donors (Lipinski definition) is 1. The van der Waals surface area contributed by atoms with Crippen LogP contribution in [0.5, 0.6) is 0 Å². The van der Waals surface area contributed by atoms with Gasteiger partial charge < -0.3 is 9.84 Å². The van der Waals surface area contributed by atoms with Gasteiger partial charge in [-0.1, -0.05) is 54.6 Å². The predicted molar refractivity (Wildman–Crippen MR) is 109 cm³/mol. The Labute approximate surface area is 170 Å². The molecule has 3 nitrogen and oxygen atoms in total. The monoisotopic (exact) mass is 397 g/mol. The Hall–Kier alpha value is -2.60. The van der Waals surface area contributed by atoms with Crippen LogP contribution in [0.2, 0.25) is 0 Å². The van der Waals surface area contributed by atoms with Crippen molar-refractivity contribution in [2.75, 3.05) is 13.2 Å². The lowest BCUT2D eigenvalue weighted by Gasteiger charge is -2.25. The van der Waals surface area contributed by atoms with Gasteiger partial charge in [0.25, 0.3) is 0 Å². The number of nitrogens with zero attached hydrogens (tertiary/aromatic N) is 1. The summed E-state index contributed by atoms with van der Waals surface area (Å²) in [6.45, 7) is 2.09. The molecule has 1 atom stereocenters. The van der Waals surface area contributed by atoms with Crippen LogP contribution in [0.25, 0.3) is 0 Å². The minimum Gasteiger partial charge on any atom is -0.389 e.